The second kappa shape index (κ2) is 7.94. The van der Waals surface area contributed by atoms with Gasteiger partial charge in [-0.15, -0.1) is 0 Å². The van der Waals surface area contributed by atoms with E-state index in [9.17, 15) is 13.2 Å². The summed E-state index contributed by atoms with van der Waals surface area (Å²) >= 11 is 0. The third-order valence-corrected chi connectivity index (χ3v) is 8.52. The Labute approximate surface area is 177 Å². The van der Waals surface area contributed by atoms with E-state index in [1.54, 1.807) is 15.2 Å². The monoisotopic (exact) mass is 431 g/mol. The van der Waals surface area contributed by atoms with Gasteiger partial charge in [-0.25, -0.2) is 17.7 Å². The molecule has 5 rings (SSSR count). The van der Waals surface area contributed by atoms with Crippen LogP contribution in [0.1, 0.15) is 19.3 Å². The zero-order chi connectivity index (χ0) is 20.7. The number of fused-ring (bicyclic) bond motifs is 1. The summed E-state index contributed by atoms with van der Waals surface area (Å²) in [6.45, 7) is 6.40. The highest BCUT2D eigenvalue weighted by atomic mass is 32.2. The van der Waals surface area contributed by atoms with Crippen LogP contribution in [0.25, 0.3) is 10.9 Å². The van der Waals surface area contributed by atoms with Gasteiger partial charge >= 0.3 is 0 Å². The van der Waals surface area contributed by atoms with E-state index in [2.05, 4.69) is 14.8 Å². The molecule has 0 unspecified atom stereocenters. The first-order valence-corrected chi connectivity index (χ1v) is 12.5. The van der Waals surface area contributed by atoms with Crippen molar-refractivity contribution in [3.05, 3.63) is 34.9 Å². The molecule has 1 aromatic carbocycles. The fraction of sp³-hybridized carbons (Fsp3) is 0.619. The number of aromatic nitrogens is 2. The van der Waals surface area contributed by atoms with Crippen molar-refractivity contribution in [3.8, 4) is 0 Å². The maximum absolute atomic E-state index is 12.7. The first kappa shape index (κ1) is 20.0. The summed E-state index contributed by atoms with van der Waals surface area (Å²) in [6.07, 6.45) is 4.86. The van der Waals surface area contributed by atoms with Crippen LogP contribution in [-0.4, -0.2) is 78.7 Å². The van der Waals surface area contributed by atoms with Gasteiger partial charge in [-0.2, -0.15) is 0 Å². The molecule has 0 amide bonds. The molecule has 2 aliphatic heterocycles. The van der Waals surface area contributed by atoms with E-state index in [4.69, 9.17) is 0 Å². The average molecular weight is 432 g/mol. The van der Waals surface area contributed by atoms with Crippen LogP contribution in [0.3, 0.4) is 0 Å². The number of nitrogens with zero attached hydrogens (tertiary/aromatic N) is 5. The molecule has 2 aromatic rings. The van der Waals surface area contributed by atoms with Crippen molar-refractivity contribution in [2.45, 2.75) is 25.8 Å². The summed E-state index contributed by atoms with van der Waals surface area (Å²) in [5, 5.41) is 0.687. The van der Waals surface area contributed by atoms with Crippen LogP contribution < -0.4 is 10.5 Å². The fourth-order valence-electron chi connectivity index (χ4n) is 4.48. The van der Waals surface area contributed by atoms with Crippen molar-refractivity contribution < 1.29 is 8.42 Å². The lowest BCUT2D eigenvalue weighted by Crippen LogP contribution is -2.48. The Kier molecular flexibility index (Phi) is 5.28. The molecule has 0 spiro atoms. The maximum Gasteiger partial charge on any atom is 0.261 e. The van der Waals surface area contributed by atoms with E-state index >= 15 is 0 Å². The van der Waals surface area contributed by atoms with E-state index in [1.165, 1.54) is 12.8 Å². The van der Waals surface area contributed by atoms with E-state index in [-0.39, 0.29) is 5.56 Å². The Morgan fingerprint density at radius 3 is 2.53 bits per heavy atom. The molecule has 0 N–H and O–H groups in total. The molecule has 1 aliphatic carbocycles. The van der Waals surface area contributed by atoms with Gasteiger partial charge < -0.3 is 4.90 Å². The van der Waals surface area contributed by atoms with Crippen molar-refractivity contribution in [3.63, 3.8) is 0 Å². The van der Waals surface area contributed by atoms with E-state index in [0.29, 0.717) is 30.1 Å². The summed E-state index contributed by atoms with van der Waals surface area (Å²) in [6, 6.07) is 5.96. The molecule has 1 saturated carbocycles. The minimum absolute atomic E-state index is 0.0557. The van der Waals surface area contributed by atoms with Gasteiger partial charge in [-0.3, -0.25) is 14.3 Å². The van der Waals surface area contributed by atoms with Gasteiger partial charge in [0.25, 0.3) is 5.56 Å². The Morgan fingerprint density at radius 2 is 1.83 bits per heavy atom. The fourth-order valence-corrected chi connectivity index (χ4v) is 6.00. The first-order chi connectivity index (χ1) is 14.5. The van der Waals surface area contributed by atoms with Crippen molar-refractivity contribution in [1.82, 2.24) is 18.8 Å². The Balaban J connectivity index is 1.21. The SMILES string of the molecule is O=c1c2ccc(N3CCN(CCN4CCCS4(=O)=O)CC3)cc2ncn1CC1CC1. The average Bonchev–Trinajstić information content (AvgIpc) is 3.50. The van der Waals surface area contributed by atoms with Gasteiger partial charge in [-0.1, -0.05) is 0 Å². The van der Waals surface area contributed by atoms with Crippen LogP contribution in [0, 0.1) is 5.92 Å². The molecule has 3 aliphatic rings. The standard InChI is InChI=1S/C21H29N5O3S/c27-21-19-5-4-18(14-20(19)22-16-25(21)15-17-2-3-17)24-10-7-23(8-11-24)9-12-26-6-1-13-30(26,28)29/h4-5,14,16-17H,1-3,6-13,15H2. The molecular formula is C21H29N5O3S. The van der Waals surface area contributed by atoms with Gasteiger partial charge in [0.1, 0.15) is 0 Å². The van der Waals surface area contributed by atoms with E-state index < -0.39 is 10.0 Å². The molecule has 3 heterocycles. The van der Waals surface area contributed by atoms with Gasteiger partial charge in [0.15, 0.2) is 0 Å². The van der Waals surface area contributed by atoms with Crippen LogP contribution in [0.4, 0.5) is 5.69 Å². The largest absolute Gasteiger partial charge is 0.369 e. The third kappa shape index (κ3) is 4.10. The number of rotatable bonds is 6. The summed E-state index contributed by atoms with van der Waals surface area (Å²) in [7, 11) is -3.01. The summed E-state index contributed by atoms with van der Waals surface area (Å²) in [5.41, 5.74) is 1.91. The molecule has 8 nitrogen and oxygen atoms in total. The predicted octanol–water partition coefficient (Wildman–Crippen LogP) is 0.964. The summed E-state index contributed by atoms with van der Waals surface area (Å²) in [4.78, 5) is 21.9. The predicted molar refractivity (Wildman–Crippen MR) is 117 cm³/mol. The zero-order valence-corrected chi connectivity index (χ0v) is 18.1. The lowest BCUT2D eigenvalue weighted by atomic mass is 10.2. The van der Waals surface area contributed by atoms with Gasteiger partial charge in [0, 0.05) is 58.0 Å². The highest BCUT2D eigenvalue weighted by Gasteiger charge is 2.28. The van der Waals surface area contributed by atoms with Crippen LogP contribution in [0.2, 0.25) is 0 Å². The smallest absolute Gasteiger partial charge is 0.261 e. The number of anilines is 1. The van der Waals surface area contributed by atoms with Crippen molar-refractivity contribution in [1.29, 1.82) is 0 Å². The molecule has 0 radical (unpaired) electrons. The molecular weight excluding hydrogens is 402 g/mol. The van der Waals surface area contributed by atoms with E-state index in [1.807, 2.05) is 18.2 Å². The minimum atomic E-state index is -3.01. The highest BCUT2D eigenvalue weighted by molar-refractivity contribution is 7.89. The highest BCUT2D eigenvalue weighted by Crippen LogP contribution is 2.30. The first-order valence-electron chi connectivity index (χ1n) is 10.9. The summed E-state index contributed by atoms with van der Waals surface area (Å²) < 4.78 is 27.3. The quantitative estimate of drug-likeness (QED) is 0.678. The van der Waals surface area contributed by atoms with Crippen LogP contribution in [-0.2, 0) is 16.6 Å². The normalized spacial score (nSPS) is 22.7. The maximum atomic E-state index is 12.7. The lowest BCUT2D eigenvalue weighted by molar-refractivity contribution is 0.240. The Morgan fingerprint density at radius 1 is 1.03 bits per heavy atom. The van der Waals surface area contributed by atoms with Crippen LogP contribution in [0.15, 0.2) is 29.3 Å². The van der Waals surface area contributed by atoms with Crippen LogP contribution >= 0.6 is 0 Å². The van der Waals surface area contributed by atoms with Crippen molar-refractivity contribution in [2.75, 3.05) is 56.5 Å². The molecule has 2 saturated heterocycles. The van der Waals surface area contributed by atoms with Gasteiger partial charge in [-0.05, 0) is 43.4 Å². The molecule has 0 bridgehead atoms. The lowest BCUT2D eigenvalue weighted by Gasteiger charge is -2.36. The second-order valence-corrected chi connectivity index (χ2v) is 10.8. The van der Waals surface area contributed by atoms with E-state index in [0.717, 1.165) is 56.9 Å². The molecule has 0 atom stereocenters. The molecule has 162 valence electrons. The second-order valence-electron chi connectivity index (χ2n) is 8.74. The molecule has 9 heteroatoms. The van der Waals surface area contributed by atoms with Gasteiger partial charge in [0.2, 0.25) is 10.0 Å². The Bertz CT molecular complexity index is 1090. The van der Waals surface area contributed by atoms with Crippen molar-refractivity contribution >= 4 is 26.6 Å². The molecule has 1 aromatic heterocycles. The zero-order valence-electron chi connectivity index (χ0n) is 17.2. The number of piperazine rings is 1. The molecule has 30 heavy (non-hydrogen) atoms. The number of sulfonamides is 1. The summed E-state index contributed by atoms with van der Waals surface area (Å²) in [5.74, 6) is 0.936. The topological polar surface area (TPSA) is 78.8 Å². The van der Waals surface area contributed by atoms with Crippen LogP contribution in [0.5, 0.6) is 0 Å². The number of benzene rings is 1. The van der Waals surface area contributed by atoms with Gasteiger partial charge in [0.05, 0.1) is 23.0 Å². The third-order valence-electron chi connectivity index (χ3n) is 6.57. The number of hydrogen-bond acceptors (Lipinski definition) is 6. The van der Waals surface area contributed by atoms with Crippen molar-refractivity contribution in [2.24, 2.45) is 5.92 Å². The minimum Gasteiger partial charge on any atom is -0.369 e. The molecule has 3 fully saturated rings. The number of hydrogen-bond donors (Lipinski definition) is 0. The Hall–Kier alpha value is -1.97.